The van der Waals surface area contributed by atoms with Crippen molar-refractivity contribution in [3.05, 3.63) is 46.7 Å². The molecule has 1 aliphatic rings. The maximum Gasteiger partial charge on any atom is 0.337 e. The van der Waals surface area contributed by atoms with E-state index >= 15 is 0 Å². The van der Waals surface area contributed by atoms with E-state index in [9.17, 15) is 14.7 Å². The predicted octanol–water partition coefficient (Wildman–Crippen LogP) is 2.19. The SMILES string of the molecule is CCOC(=O)C1=C(O)Cc2ccccc2C(=O)C1. The summed E-state index contributed by atoms with van der Waals surface area (Å²) in [5, 5.41) is 9.94. The lowest BCUT2D eigenvalue weighted by Crippen LogP contribution is -2.12. The molecule has 0 bridgehead atoms. The van der Waals surface area contributed by atoms with Crippen LogP contribution in [0.25, 0.3) is 0 Å². The van der Waals surface area contributed by atoms with Gasteiger partial charge in [-0.15, -0.1) is 0 Å². The molecule has 94 valence electrons. The fourth-order valence-corrected chi connectivity index (χ4v) is 2.00. The summed E-state index contributed by atoms with van der Waals surface area (Å²) in [6.45, 7) is 1.90. The number of aliphatic hydroxyl groups is 1. The summed E-state index contributed by atoms with van der Waals surface area (Å²) >= 11 is 0. The third-order valence-corrected chi connectivity index (χ3v) is 2.88. The zero-order chi connectivity index (χ0) is 13.1. The first kappa shape index (κ1) is 12.4. The van der Waals surface area contributed by atoms with Gasteiger partial charge in [0.25, 0.3) is 0 Å². The van der Waals surface area contributed by atoms with Crippen molar-refractivity contribution in [2.45, 2.75) is 19.8 Å². The standard InChI is InChI=1S/C14H14O4/c1-2-18-14(17)11-8-13(16)10-6-4-3-5-9(10)7-12(11)15/h3-6,15H,2,7-8H2,1H3. The Bertz CT molecular complexity index is 528. The highest BCUT2D eigenvalue weighted by Crippen LogP contribution is 2.24. The molecule has 0 saturated carbocycles. The molecule has 0 atom stereocenters. The van der Waals surface area contributed by atoms with Gasteiger partial charge in [0.2, 0.25) is 0 Å². The van der Waals surface area contributed by atoms with E-state index in [1.807, 2.05) is 0 Å². The van der Waals surface area contributed by atoms with Gasteiger partial charge in [0.1, 0.15) is 5.76 Å². The highest BCUT2D eigenvalue weighted by atomic mass is 16.5. The first-order valence-corrected chi connectivity index (χ1v) is 5.82. The van der Waals surface area contributed by atoms with Gasteiger partial charge in [-0.05, 0) is 12.5 Å². The van der Waals surface area contributed by atoms with Crippen LogP contribution in [0.3, 0.4) is 0 Å². The Balaban J connectivity index is 2.38. The number of esters is 1. The third-order valence-electron chi connectivity index (χ3n) is 2.88. The number of rotatable bonds is 2. The first-order valence-electron chi connectivity index (χ1n) is 5.82. The lowest BCUT2D eigenvalue weighted by Gasteiger charge is -2.05. The van der Waals surface area contributed by atoms with Crippen LogP contribution in [-0.4, -0.2) is 23.5 Å². The van der Waals surface area contributed by atoms with E-state index in [2.05, 4.69) is 0 Å². The second kappa shape index (κ2) is 5.04. The van der Waals surface area contributed by atoms with Gasteiger partial charge < -0.3 is 9.84 Å². The number of carbonyl (C=O) groups is 2. The monoisotopic (exact) mass is 246 g/mol. The summed E-state index contributed by atoms with van der Waals surface area (Å²) in [7, 11) is 0. The highest BCUT2D eigenvalue weighted by Gasteiger charge is 2.26. The second-order valence-corrected chi connectivity index (χ2v) is 4.08. The number of ketones is 1. The van der Waals surface area contributed by atoms with Gasteiger partial charge in [-0.1, -0.05) is 24.3 Å². The zero-order valence-electron chi connectivity index (χ0n) is 10.1. The molecule has 0 aliphatic heterocycles. The Morgan fingerprint density at radius 3 is 2.78 bits per heavy atom. The van der Waals surface area contributed by atoms with Crippen LogP contribution in [0.4, 0.5) is 0 Å². The van der Waals surface area contributed by atoms with Gasteiger partial charge >= 0.3 is 5.97 Å². The number of Topliss-reactive ketones (excluding diaryl/α,β-unsaturated/α-hetero) is 1. The van der Waals surface area contributed by atoms with Gasteiger partial charge in [0, 0.05) is 18.4 Å². The number of fused-ring (bicyclic) bond motifs is 1. The van der Waals surface area contributed by atoms with Crippen molar-refractivity contribution in [2.24, 2.45) is 0 Å². The van der Waals surface area contributed by atoms with Gasteiger partial charge in [-0.25, -0.2) is 4.79 Å². The van der Waals surface area contributed by atoms with Crippen LogP contribution in [0.15, 0.2) is 35.6 Å². The number of aliphatic hydroxyl groups excluding tert-OH is 1. The molecule has 0 unspecified atom stereocenters. The van der Waals surface area contributed by atoms with Crippen molar-refractivity contribution in [3.8, 4) is 0 Å². The molecule has 0 fully saturated rings. The highest BCUT2D eigenvalue weighted by molar-refractivity contribution is 6.05. The fourth-order valence-electron chi connectivity index (χ4n) is 2.00. The normalized spacial score (nSPS) is 15.1. The predicted molar refractivity (Wildman–Crippen MR) is 65.4 cm³/mol. The van der Waals surface area contributed by atoms with E-state index < -0.39 is 5.97 Å². The molecule has 1 aromatic carbocycles. The molecular formula is C14H14O4. The molecule has 1 aliphatic carbocycles. The van der Waals surface area contributed by atoms with E-state index in [1.165, 1.54) is 0 Å². The minimum Gasteiger partial charge on any atom is -0.511 e. The number of hydrogen-bond donors (Lipinski definition) is 1. The Morgan fingerprint density at radius 1 is 1.33 bits per heavy atom. The minimum absolute atomic E-state index is 0.0676. The smallest absolute Gasteiger partial charge is 0.337 e. The summed E-state index contributed by atoms with van der Waals surface area (Å²) in [5.41, 5.74) is 1.36. The zero-order valence-corrected chi connectivity index (χ0v) is 10.1. The van der Waals surface area contributed by atoms with Gasteiger partial charge in [0.05, 0.1) is 12.2 Å². The van der Waals surface area contributed by atoms with Crippen molar-refractivity contribution in [1.29, 1.82) is 0 Å². The summed E-state index contributed by atoms with van der Waals surface area (Å²) < 4.78 is 4.85. The molecule has 4 nitrogen and oxygen atoms in total. The average Bonchev–Trinajstić information content (AvgIpc) is 2.47. The molecular weight excluding hydrogens is 232 g/mol. The third kappa shape index (κ3) is 2.27. The van der Waals surface area contributed by atoms with E-state index in [0.29, 0.717) is 5.56 Å². The van der Waals surface area contributed by atoms with Crippen LogP contribution >= 0.6 is 0 Å². The van der Waals surface area contributed by atoms with Crippen LogP contribution in [0.2, 0.25) is 0 Å². The van der Waals surface area contributed by atoms with E-state index in [0.717, 1.165) is 5.56 Å². The largest absolute Gasteiger partial charge is 0.511 e. The Labute approximate surface area is 105 Å². The number of ether oxygens (including phenoxy) is 1. The van der Waals surface area contributed by atoms with Crippen LogP contribution in [0, 0.1) is 0 Å². The summed E-state index contributed by atoms with van der Waals surface area (Å²) in [5.74, 6) is -0.861. The van der Waals surface area contributed by atoms with Gasteiger partial charge in [-0.3, -0.25) is 4.79 Å². The number of hydrogen-bond acceptors (Lipinski definition) is 4. The van der Waals surface area contributed by atoms with Crippen LogP contribution in [0.5, 0.6) is 0 Å². The molecule has 0 radical (unpaired) electrons. The fraction of sp³-hybridized carbons (Fsp3) is 0.286. The number of allylic oxidation sites excluding steroid dienone is 1. The van der Waals surface area contributed by atoms with E-state index in [-0.39, 0.29) is 36.6 Å². The molecule has 0 amide bonds. The van der Waals surface area contributed by atoms with Gasteiger partial charge in [-0.2, -0.15) is 0 Å². The summed E-state index contributed by atoms with van der Waals surface area (Å²) in [4.78, 5) is 23.7. The molecule has 0 aromatic heterocycles. The van der Waals surface area contributed by atoms with Crippen LogP contribution < -0.4 is 0 Å². The first-order chi connectivity index (χ1) is 8.63. The van der Waals surface area contributed by atoms with Crippen LogP contribution in [0.1, 0.15) is 29.3 Å². The lowest BCUT2D eigenvalue weighted by molar-refractivity contribution is -0.138. The maximum atomic E-state index is 12.0. The molecule has 1 aromatic rings. The molecule has 2 rings (SSSR count). The van der Waals surface area contributed by atoms with Crippen molar-refractivity contribution in [1.82, 2.24) is 0 Å². The molecule has 4 heteroatoms. The van der Waals surface area contributed by atoms with E-state index in [1.54, 1.807) is 31.2 Å². The van der Waals surface area contributed by atoms with Crippen molar-refractivity contribution in [2.75, 3.05) is 6.61 Å². The molecule has 1 N–H and O–H groups in total. The molecule has 0 spiro atoms. The molecule has 18 heavy (non-hydrogen) atoms. The maximum absolute atomic E-state index is 12.0. The van der Waals surface area contributed by atoms with Crippen molar-refractivity contribution >= 4 is 11.8 Å². The summed E-state index contributed by atoms with van der Waals surface area (Å²) in [6.07, 6.45) is 0.0811. The van der Waals surface area contributed by atoms with Crippen molar-refractivity contribution in [3.63, 3.8) is 0 Å². The lowest BCUT2D eigenvalue weighted by atomic mass is 10.0. The Hall–Kier alpha value is -2.10. The number of carbonyl (C=O) groups excluding carboxylic acids is 2. The quantitative estimate of drug-likeness (QED) is 0.812. The summed E-state index contributed by atoms with van der Waals surface area (Å²) in [6, 6.07) is 7.05. The Morgan fingerprint density at radius 2 is 2.06 bits per heavy atom. The Kier molecular flexibility index (Phi) is 3.46. The van der Waals surface area contributed by atoms with E-state index in [4.69, 9.17) is 4.74 Å². The average molecular weight is 246 g/mol. The minimum atomic E-state index is -0.615. The molecule has 0 heterocycles. The molecule has 0 saturated heterocycles. The number of benzene rings is 1. The second-order valence-electron chi connectivity index (χ2n) is 4.08. The van der Waals surface area contributed by atoms with Gasteiger partial charge in [0.15, 0.2) is 5.78 Å². The van der Waals surface area contributed by atoms with Crippen LogP contribution in [-0.2, 0) is 16.0 Å². The topological polar surface area (TPSA) is 63.6 Å². The van der Waals surface area contributed by atoms with Crippen molar-refractivity contribution < 1.29 is 19.4 Å².